The van der Waals surface area contributed by atoms with Crippen molar-refractivity contribution in [2.45, 2.75) is 19.6 Å². The molecule has 8 heteroatoms. The highest BCUT2D eigenvalue weighted by Gasteiger charge is 2.26. The quantitative estimate of drug-likeness (QED) is 0.146. The van der Waals surface area contributed by atoms with Gasteiger partial charge in [0.1, 0.15) is 34.5 Å². The zero-order valence-electron chi connectivity index (χ0n) is 22.7. The van der Waals surface area contributed by atoms with Gasteiger partial charge >= 0.3 is 0 Å². The van der Waals surface area contributed by atoms with Crippen LogP contribution >= 0.6 is 23.5 Å². The number of phenolic OH excluding ortho intramolecular Hbond substituents is 4. The molecule has 6 aromatic carbocycles. The summed E-state index contributed by atoms with van der Waals surface area (Å²) in [5, 5.41) is 48.4. The molecule has 6 rings (SSSR count). The molecule has 0 fully saturated rings. The van der Waals surface area contributed by atoms with Crippen LogP contribution in [0, 0.1) is 0 Å². The van der Waals surface area contributed by atoms with Crippen LogP contribution in [0.15, 0.2) is 117 Å². The average Bonchev–Trinajstić information content (AvgIpc) is 3.01. The molecule has 0 aliphatic carbocycles. The molecule has 0 unspecified atom stereocenters. The van der Waals surface area contributed by atoms with Crippen molar-refractivity contribution >= 4 is 45.1 Å². The van der Waals surface area contributed by atoms with Crippen LogP contribution in [-0.2, 0) is 0 Å². The van der Waals surface area contributed by atoms with Gasteiger partial charge < -0.3 is 29.9 Å². The van der Waals surface area contributed by atoms with E-state index in [2.05, 4.69) is 0 Å². The number of fused-ring (bicyclic) bond motifs is 2. The standard InChI is InChI=1S/C34H26O6S2/c1-39-25-15-17-27(41-33-21-9-5-3-7-19(21)11-13-23(33)35)31(37)29(25)30-26(40-2)16-18-28(32(30)38)42-34-22-10-6-4-8-20(22)12-14-24(34)36/h3-18,35-38H,1-2H3. The molecule has 4 N–H and O–H groups in total. The van der Waals surface area contributed by atoms with Crippen molar-refractivity contribution in [3.05, 3.63) is 97.1 Å². The van der Waals surface area contributed by atoms with Gasteiger partial charge in [-0.05, 0) is 57.9 Å². The first-order chi connectivity index (χ1) is 20.4. The van der Waals surface area contributed by atoms with Gasteiger partial charge in [-0.3, -0.25) is 0 Å². The van der Waals surface area contributed by atoms with Crippen molar-refractivity contribution in [2.75, 3.05) is 14.2 Å². The molecule has 0 heterocycles. The molecule has 0 amide bonds. The van der Waals surface area contributed by atoms with E-state index in [0.717, 1.165) is 21.5 Å². The van der Waals surface area contributed by atoms with Gasteiger partial charge in [0.15, 0.2) is 0 Å². The maximum Gasteiger partial charge on any atom is 0.141 e. The smallest absolute Gasteiger partial charge is 0.141 e. The van der Waals surface area contributed by atoms with Crippen LogP contribution in [-0.4, -0.2) is 34.6 Å². The van der Waals surface area contributed by atoms with E-state index in [4.69, 9.17) is 9.47 Å². The third-order valence-electron chi connectivity index (χ3n) is 7.04. The number of aromatic hydroxyl groups is 4. The number of ether oxygens (including phenoxy) is 2. The minimum absolute atomic E-state index is 0.0872. The molecule has 0 saturated heterocycles. The van der Waals surface area contributed by atoms with Gasteiger partial charge in [0.25, 0.3) is 0 Å². The summed E-state index contributed by atoms with van der Waals surface area (Å²) in [5.41, 5.74) is 0.474. The third-order valence-corrected chi connectivity index (χ3v) is 9.40. The van der Waals surface area contributed by atoms with Crippen LogP contribution in [0.2, 0.25) is 0 Å². The monoisotopic (exact) mass is 594 g/mol. The van der Waals surface area contributed by atoms with E-state index in [1.54, 1.807) is 36.4 Å². The van der Waals surface area contributed by atoms with Crippen molar-refractivity contribution in [3.8, 4) is 45.6 Å². The molecule has 0 atom stereocenters. The van der Waals surface area contributed by atoms with Crippen LogP contribution in [0.4, 0.5) is 0 Å². The summed E-state index contributed by atoms with van der Waals surface area (Å²) in [5.74, 6) is 0.532. The predicted octanol–water partition coefficient (Wildman–Crippen LogP) is 8.80. The first kappa shape index (κ1) is 27.5. The van der Waals surface area contributed by atoms with Gasteiger partial charge in [-0.25, -0.2) is 0 Å². The lowest BCUT2D eigenvalue weighted by atomic mass is 10.0. The Morgan fingerprint density at radius 1 is 0.476 bits per heavy atom. The van der Waals surface area contributed by atoms with Gasteiger partial charge in [0.05, 0.1) is 44.9 Å². The minimum Gasteiger partial charge on any atom is -0.507 e. The Kier molecular flexibility index (Phi) is 7.41. The summed E-state index contributed by atoms with van der Waals surface area (Å²) >= 11 is 2.42. The Morgan fingerprint density at radius 2 is 0.881 bits per heavy atom. The lowest BCUT2D eigenvalue weighted by Gasteiger charge is -2.19. The van der Waals surface area contributed by atoms with E-state index in [1.165, 1.54) is 37.7 Å². The topological polar surface area (TPSA) is 99.4 Å². The van der Waals surface area contributed by atoms with Gasteiger partial charge in [-0.1, -0.05) is 84.2 Å². The fourth-order valence-corrected chi connectivity index (χ4v) is 7.04. The Morgan fingerprint density at radius 3 is 1.29 bits per heavy atom. The molecule has 0 aromatic heterocycles. The Balaban J connectivity index is 1.51. The number of methoxy groups -OCH3 is 2. The summed E-state index contributed by atoms with van der Waals surface area (Å²) in [4.78, 5) is 2.07. The molecule has 0 bridgehead atoms. The normalized spacial score (nSPS) is 11.2. The maximum absolute atomic E-state index is 11.7. The number of rotatable bonds is 7. The van der Waals surface area contributed by atoms with E-state index >= 15 is 0 Å². The number of hydrogen-bond acceptors (Lipinski definition) is 8. The first-order valence-corrected chi connectivity index (χ1v) is 14.6. The fraction of sp³-hybridized carbons (Fsp3) is 0.0588. The Labute approximate surface area is 250 Å². The van der Waals surface area contributed by atoms with E-state index in [0.29, 0.717) is 31.1 Å². The Hall–Kier alpha value is -4.66. The van der Waals surface area contributed by atoms with E-state index in [-0.39, 0.29) is 34.1 Å². The highest BCUT2D eigenvalue weighted by molar-refractivity contribution is 8.00. The zero-order chi connectivity index (χ0) is 29.4. The van der Waals surface area contributed by atoms with Crippen LogP contribution in [0.3, 0.4) is 0 Å². The van der Waals surface area contributed by atoms with Gasteiger partial charge in [-0.15, -0.1) is 0 Å². The average molecular weight is 595 g/mol. The molecule has 6 nitrogen and oxygen atoms in total. The van der Waals surface area contributed by atoms with Crippen LogP contribution in [0.1, 0.15) is 0 Å². The van der Waals surface area contributed by atoms with Crippen LogP contribution < -0.4 is 9.47 Å². The minimum atomic E-state index is -0.143. The predicted molar refractivity (Wildman–Crippen MR) is 168 cm³/mol. The van der Waals surface area contributed by atoms with E-state index in [9.17, 15) is 20.4 Å². The molecule has 0 aliphatic heterocycles. The van der Waals surface area contributed by atoms with Gasteiger partial charge in [0, 0.05) is 0 Å². The molecule has 6 aromatic rings. The largest absolute Gasteiger partial charge is 0.507 e. The molecule has 0 saturated carbocycles. The van der Waals surface area contributed by atoms with Crippen molar-refractivity contribution in [1.29, 1.82) is 0 Å². The summed E-state index contributed by atoms with van der Waals surface area (Å²) in [6, 6.07) is 29.1. The summed E-state index contributed by atoms with van der Waals surface area (Å²) < 4.78 is 11.3. The molecular formula is C34H26O6S2. The lowest BCUT2D eigenvalue weighted by Crippen LogP contribution is -1.95. The number of benzene rings is 6. The molecular weight excluding hydrogens is 569 g/mol. The first-order valence-electron chi connectivity index (χ1n) is 13.0. The van der Waals surface area contributed by atoms with E-state index < -0.39 is 0 Å². The van der Waals surface area contributed by atoms with Gasteiger partial charge in [-0.2, -0.15) is 0 Å². The van der Waals surface area contributed by atoms with Crippen LogP contribution in [0.5, 0.6) is 34.5 Å². The van der Waals surface area contributed by atoms with Crippen molar-refractivity contribution in [3.63, 3.8) is 0 Å². The van der Waals surface area contributed by atoms with E-state index in [1.807, 2.05) is 60.7 Å². The maximum atomic E-state index is 11.7. The highest BCUT2D eigenvalue weighted by atomic mass is 32.2. The zero-order valence-corrected chi connectivity index (χ0v) is 24.3. The second-order valence-electron chi connectivity index (χ2n) is 9.45. The summed E-state index contributed by atoms with van der Waals surface area (Å²) in [6.07, 6.45) is 0. The fourth-order valence-electron chi connectivity index (χ4n) is 4.99. The molecule has 0 spiro atoms. The third kappa shape index (κ3) is 4.78. The molecule has 42 heavy (non-hydrogen) atoms. The van der Waals surface area contributed by atoms with Gasteiger partial charge in [0.2, 0.25) is 0 Å². The summed E-state index contributed by atoms with van der Waals surface area (Å²) in [6.45, 7) is 0. The lowest BCUT2D eigenvalue weighted by molar-refractivity contribution is 0.397. The number of phenols is 4. The Bertz CT molecular complexity index is 1830. The second kappa shape index (κ2) is 11.3. The number of hydrogen-bond donors (Lipinski definition) is 4. The second-order valence-corrected chi connectivity index (χ2v) is 11.6. The summed E-state index contributed by atoms with van der Waals surface area (Å²) in [7, 11) is 2.97. The highest BCUT2D eigenvalue weighted by Crippen LogP contribution is 2.55. The SMILES string of the molecule is COc1ccc(Sc2c(O)ccc3ccccc23)c(O)c1-c1c(OC)ccc(Sc2c(O)ccc3ccccc23)c1O. The molecule has 0 radical (unpaired) electrons. The van der Waals surface area contributed by atoms with Crippen molar-refractivity contribution < 1.29 is 29.9 Å². The van der Waals surface area contributed by atoms with Crippen molar-refractivity contribution in [1.82, 2.24) is 0 Å². The molecule has 0 aliphatic rings. The molecule has 210 valence electrons. The van der Waals surface area contributed by atoms with Crippen LogP contribution in [0.25, 0.3) is 32.7 Å². The van der Waals surface area contributed by atoms with Crippen molar-refractivity contribution in [2.24, 2.45) is 0 Å².